The van der Waals surface area contributed by atoms with E-state index in [4.69, 9.17) is 0 Å². The van der Waals surface area contributed by atoms with E-state index in [2.05, 4.69) is 40.7 Å². The van der Waals surface area contributed by atoms with Crippen molar-refractivity contribution < 1.29 is 4.79 Å². The highest BCUT2D eigenvalue weighted by Gasteiger charge is 2.51. The monoisotopic (exact) mass is 280 g/mol. The zero-order valence-corrected chi connectivity index (χ0v) is 12.4. The van der Waals surface area contributed by atoms with Gasteiger partial charge in [-0.1, -0.05) is 25.1 Å². The second kappa shape index (κ2) is 3.77. The van der Waals surface area contributed by atoms with Crippen molar-refractivity contribution in [3.8, 4) is 0 Å². The smallest absolute Gasteiger partial charge is 0.231 e. The van der Waals surface area contributed by atoms with Gasteiger partial charge in [0.15, 0.2) is 0 Å². The van der Waals surface area contributed by atoms with Gasteiger partial charge in [-0.05, 0) is 42.9 Å². The average Bonchev–Trinajstić information content (AvgIpc) is 2.81. The van der Waals surface area contributed by atoms with Crippen molar-refractivity contribution in [1.82, 2.24) is 9.47 Å². The summed E-state index contributed by atoms with van der Waals surface area (Å²) in [5, 5.41) is 1.30. The molecule has 0 N–H and O–H groups in total. The largest absolute Gasteiger partial charge is 0.294 e. The molecule has 0 spiro atoms. The van der Waals surface area contributed by atoms with Gasteiger partial charge in [-0.15, -0.1) is 0 Å². The van der Waals surface area contributed by atoms with Gasteiger partial charge < -0.3 is 0 Å². The molecule has 5 rings (SSSR count). The van der Waals surface area contributed by atoms with Crippen LogP contribution in [0.25, 0.3) is 10.9 Å². The number of hydrogen-bond acceptors (Lipinski definition) is 2. The molecule has 3 nitrogen and oxygen atoms in total. The Balaban J connectivity index is 1.89. The summed E-state index contributed by atoms with van der Waals surface area (Å²) in [6, 6.07) is 8.90. The second-order valence-electron chi connectivity index (χ2n) is 7.23. The minimum atomic E-state index is 0.134. The number of hydrogen-bond donors (Lipinski definition) is 0. The Morgan fingerprint density at radius 3 is 3.00 bits per heavy atom. The van der Waals surface area contributed by atoms with Gasteiger partial charge in [0.25, 0.3) is 0 Å². The minimum absolute atomic E-state index is 0.134. The van der Waals surface area contributed by atoms with Crippen LogP contribution in [0.5, 0.6) is 0 Å². The lowest BCUT2D eigenvalue weighted by molar-refractivity contribution is -0.00383. The molecule has 1 aromatic carbocycles. The molecule has 0 aliphatic carbocycles. The van der Waals surface area contributed by atoms with Gasteiger partial charge in [0.2, 0.25) is 5.91 Å². The van der Waals surface area contributed by atoms with Crippen LogP contribution in [0.2, 0.25) is 0 Å². The number of rotatable bonds is 0. The summed E-state index contributed by atoms with van der Waals surface area (Å²) in [5.74, 6) is 0.301. The van der Waals surface area contributed by atoms with Gasteiger partial charge in [0.1, 0.15) is 0 Å². The predicted molar refractivity (Wildman–Crippen MR) is 82.5 cm³/mol. The molecule has 0 radical (unpaired) electrons. The molecule has 0 bridgehead atoms. The first kappa shape index (κ1) is 12.0. The van der Waals surface area contributed by atoms with E-state index >= 15 is 0 Å². The topological polar surface area (TPSA) is 25.2 Å². The maximum atomic E-state index is 12.8. The van der Waals surface area contributed by atoms with Crippen LogP contribution in [-0.4, -0.2) is 28.5 Å². The van der Waals surface area contributed by atoms with Crippen LogP contribution >= 0.6 is 0 Å². The molecular weight excluding hydrogens is 260 g/mol. The molecule has 21 heavy (non-hydrogen) atoms. The molecule has 2 atom stereocenters. The number of piperidine rings is 1. The van der Waals surface area contributed by atoms with Crippen molar-refractivity contribution in [2.45, 2.75) is 38.6 Å². The van der Waals surface area contributed by atoms with Gasteiger partial charge in [0.05, 0.1) is 11.6 Å². The van der Waals surface area contributed by atoms with Gasteiger partial charge in [0, 0.05) is 24.0 Å². The third-order valence-electron chi connectivity index (χ3n) is 5.95. The van der Waals surface area contributed by atoms with Crippen LogP contribution in [0.4, 0.5) is 0 Å². The molecule has 1 fully saturated rings. The molecule has 3 aliphatic heterocycles. The second-order valence-corrected chi connectivity index (χ2v) is 7.23. The molecule has 0 saturated carbocycles. The lowest BCUT2D eigenvalue weighted by Crippen LogP contribution is -2.52. The quantitative estimate of drug-likeness (QED) is 0.739. The SMILES string of the molecule is CC12CCCN3CCc4c(n(c5ccccc45)C(=O)C1)C32. The van der Waals surface area contributed by atoms with Crippen LogP contribution in [0, 0.1) is 5.41 Å². The van der Waals surface area contributed by atoms with Crippen LogP contribution in [-0.2, 0) is 6.42 Å². The summed E-state index contributed by atoms with van der Waals surface area (Å²) >= 11 is 0. The highest BCUT2D eigenvalue weighted by Crippen LogP contribution is 2.54. The highest BCUT2D eigenvalue weighted by atomic mass is 16.2. The fraction of sp³-hybridized carbons (Fsp3) is 0.500. The van der Waals surface area contributed by atoms with Crippen LogP contribution in [0.3, 0.4) is 0 Å². The van der Waals surface area contributed by atoms with Crippen LogP contribution < -0.4 is 0 Å². The van der Waals surface area contributed by atoms with Crippen LogP contribution in [0.15, 0.2) is 24.3 Å². The van der Waals surface area contributed by atoms with Gasteiger partial charge in [-0.2, -0.15) is 0 Å². The van der Waals surface area contributed by atoms with Crippen molar-refractivity contribution in [2.24, 2.45) is 5.41 Å². The molecule has 1 saturated heterocycles. The molecule has 108 valence electrons. The summed E-state index contributed by atoms with van der Waals surface area (Å²) in [5.41, 5.74) is 4.02. The maximum Gasteiger partial charge on any atom is 0.231 e. The highest BCUT2D eigenvalue weighted by molar-refractivity contribution is 5.97. The molecule has 2 aromatic rings. The van der Waals surface area contributed by atoms with E-state index in [0.29, 0.717) is 18.4 Å². The molecule has 1 aromatic heterocycles. The Morgan fingerprint density at radius 2 is 2.10 bits per heavy atom. The van der Waals surface area contributed by atoms with E-state index in [9.17, 15) is 4.79 Å². The molecule has 4 heterocycles. The Hall–Kier alpha value is -1.61. The first-order valence-electron chi connectivity index (χ1n) is 8.08. The standard InChI is InChI=1S/C18H20N2O/c1-18-8-4-9-19-10-7-13-12-5-2-3-6-14(12)20(15(21)11-18)16(13)17(18)19/h2-3,5-6,17H,4,7-11H2,1H3. The fourth-order valence-corrected chi connectivity index (χ4v) is 5.15. The zero-order chi connectivity index (χ0) is 14.2. The van der Waals surface area contributed by atoms with Crippen molar-refractivity contribution in [1.29, 1.82) is 0 Å². The van der Waals surface area contributed by atoms with Gasteiger partial charge in [-0.3, -0.25) is 14.3 Å². The van der Waals surface area contributed by atoms with E-state index in [1.165, 1.54) is 36.0 Å². The number of benzene rings is 1. The lowest BCUT2D eigenvalue weighted by atomic mass is 9.67. The summed E-state index contributed by atoms with van der Waals surface area (Å²) < 4.78 is 2.05. The maximum absolute atomic E-state index is 12.8. The van der Waals surface area contributed by atoms with E-state index in [0.717, 1.165) is 18.5 Å². The normalized spacial score (nSPS) is 31.5. The van der Waals surface area contributed by atoms with Crippen molar-refractivity contribution in [3.63, 3.8) is 0 Å². The Morgan fingerprint density at radius 1 is 1.24 bits per heavy atom. The number of aromatic nitrogens is 1. The zero-order valence-electron chi connectivity index (χ0n) is 12.4. The first-order valence-corrected chi connectivity index (χ1v) is 8.08. The van der Waals surface area contributed by atoms with E-state index < -0.39 is 0 Å². The summed E-state index contributed by atoms with van der Waals surface area (Å²) in [4.78, 5) is 15.5. The fourth-order valence-electron chi connectivity index (χ4n) is 5.15. The summed E-state index contributed by atoms with van der Waals surface area (Å²) in [7, 11) is 0. The Labute approximate surface area is 124 Å². The van der Waals surface area contributed by atoms with Crippen molar-refractivity contribution in [3.05, 3.63) is 35.5 Å². The third-order valence-corrected chi connectivity index (χ3v) is 5.95. The molecule has 3 aliphatic rings. The number of carbonyl (C=O) groups excluding carboxylic acids is 1. The molecular formula is C18H20N2O. The van der Waals surface area contributed by atoms with Crippen molar-refractivity contribution >= 4 is 16.8 Å². The third kappa shape index (κ3) is 1.35. The number of carbonyl (C=O) groups is 1. The molecule has 0 amide bonds. The average molecular weight is 280 g/mol. The van der Waals surface area contributed by atoms with Gasteiger partial charge in [-0.25, -0.2) is 0 Å². The van der Waals surface area contributed by atoms with Crippen LogP contribution in [0.1, 0.15) is 48.3 Å². The predicted octanol–water partition coefficient (Wildman–Crippen LogP) is 3.38. The minimum Gasteiger partial charge on any atom is -0.294 e. The molecule has 2 unspecified atom stereocenters. The van der Waals surface area contributed by atoms with E-state index in [1.807, 2.05) is 0 Å². The number of para-hydroxylation sites is 1. The summed E-state index contributed by atoms with van der Waals surface area (Å²) in [6.07, 6.45) is 4.19. The van der Waals surface area contributed by atoms with E-state index in [-0.39, 0.29) is 5.41 Å². The Bertz CT molecular complexity index is 775. The first-order chi connectivity index (χ1) is 10.2. The molecule has 3 heteroatoms. The number of fused-ring (bicyclic) bond motifs is 3. The number of nitrogens with zero attached hydrogens (tertiary/aromatic N) is 2. The summed E-state index contributed by atoms with van der Waals surface area (Å²) in [6.45, 7) is 4.67. The lowest BCUT2D eigenvalue weighted by Gasteiger charge is -2.53. The van der Waals surface area contributed by atoms with Gasteiger partial charge >= 0.3 is 0 Å². The Kier molecular flexibility index (Phi) is 2.15. The van der Waals surface area contributed by atoms with Crippen molar-refractivity contribution in [2.75, 3.05) is 13.1 Å². The van der Waals surface area contributed by atoms with E-state index in [1.54, 1.807) is 0 Å².